The summed E-state index contributed by atoms with van der Waals surface area (Å²) < 4.78 is 14.6. The topological polar surface area (TPSA) is 92.5 Å². The van der Waals surface area contributed by atoms with E-state index in [9.17, 15) is 24.1 Å². The van der Waals surface area contributed by atoms with Gasteiger partial charge in [0.1, 0.15) is 11.4 Å². The summed E-state index contributed by atoms with van der Waals surface area (Å²) in [6, 6.07) is 19.3. The summed E-state index contributed by atoms with van der Waals surface area (Å²) in [7, 11) is 0. The van der Waals surface area contributed by atoms with Crippen LogP contribution in [0.25, 0.3) is 0 Å². The molecule has 8 heteroatoms. The van der Waals surface area contributed by atoms with Crippen molar-refractivity contribution in [3.63, 3.8) is 0 Å². The number of benzene rings is 3. The molecule has 0 aromatic heterocycles. The van der Waals surface area contributed by atoms with E-state index < -0.39 is 22.2 Å². The third-order valence-electron chi connectivity index (χ3n) is 7.77. The Morgan fingerprint density at radius 1 is 1.09 bits per heavy atom. The van der Waals surface area contributed by atoms with Crippen LogP contribution in [0.2, 0.25) is 0 Å². The first-order valence-electron chi connectivity index (χ1n) is 11.6. The summed E-state index contributed by atoms with van der Waals surface area (Å²) in [5, 5.41) is 14.3. The standard InChI is InChI=1S/C27H22FN3O4/c28-18-11-12-21-20(15-18)27(26(33)29-21)24(25(32)17-8-4-9-19(14-17)31(34)35)23(16-6-2-1-3-7-16)22-10-5-13-30(22)27/h1-4,6-9,11-12,14-15,22-24H,5,10,13H2,(H,29,33)/t22?,23?,24?,27-/m1/s1. The van der Waals surface area contributed by atoms with E-state index in [1.165, 1.54) is 36.4 Å². The van der Waals surface area contributed by atoms with Crippen LogP contribution in [0.1, 0.15) is 40.2 Å². The van der Waals surface area contributed by atoms with Gasteiger partial charge in [0, 0.05) is 40.9 Å². The smallest absolute Gasteiger partial charge is 0.270 e. The van der Waals surface area contributed by atoms with E-state index in [-0.39, 0.29) is 34.9 Å². The molecule has 1 spiro atoms. The van der Waals surface area contributed by atoms with Crippen molar-refractivity contribution in [2.75, 3.05) is 11.9 Å². The number of fused-ring (bicyclic) bond motifs is 4. The summed E-state index contributed by atoms with van der Waals surface area (Å²) in [5.74, 6) is -2.43. The van der Waals surface area contributed by atoms with Crippen LogP contribution < -0.4 is 5.32 Å². The number of amides is 1. The Morgan fingerprint density at radius 3 is 2.66 bits per heavy atom. The molecule has 1 amide bonds. The van der Waals surface area contributed by atoms with Crippen molar-refractivity contribution in [1.82, 2.24) is 4.90 Å². The first-order valence-corrected chi connectivity index (χ1v) is 11.6. The molecule has 176 valence electrons. The number of halogens is 1. The first kappa shape index (κ1) is 21.6. The highest BCUT2D eigenvalue weighted by molar-refractivity contribution is 6.12. The molecule has 7 nitrogen and oxygen atoms in total. The van der Waals surface area contributed by atoms with Gasteiger partial charge in [-0.15, -0.1) is 0 Å². The van der Waals surface area contributed by atoms with Crippen LogP contribution in [0.5, 0.6) is 0 Å². The summed E-state index contributed by atoms with van der Waals surface area (Å²) in [6.45, 7) is 0.593. The van der Waals surface area contributed by atoms with Gasteiger partial charge in [0.05, 0.1) is 10.8 Å². The van der Waals surface area contributed by atoms with Gasteiger partial charge in [0.15, 0.2) is 5.78 Å². The molecule has 35 heavy (non-hydrogen) atoms. The van der Waals surface area contributed by atoms with Crippen molar-refractivity contribution in [2.24, 2.45) is 5.92 Å². The van der Waals surface area contributed by atoms with E-state index in [1.54, 1.807) is 6.07 Å². The Morgan fingerprint density at radius 2 is 1.89 bits per heavy atom. The van der Waals surface area contributed by atoms with Crippen LogP contribution in [0.4, 0.5) is 15.8 Å². The average molecular weight is 471 g/mol. The molecule has 3 aromatic carbocycles. The van der Waals surface area contributed by atoms with Gasteiger partial charge >= 0.3 is 0 Å². The molecule has 0 radical (unpaired) electrons. The van der Waals surface area contributed by atoms with Crippen LogP contribution in [-0.4, -0.2) is 34.1 Å². The lowest BCUT2D eigenvalue weighted by Gasteiger charge is -2.36. The molecule has 0 saturated carbocycles. The third kappa shape index (κ3) is 2.99. The fourth-order valence-electron chi connectivity index (χ4n) is 6.53. The second kappa shape index (κ2) is 7.81. The highest BCUT2D eigenvalue weighted by Crippen LogP contribution is 2.61. The fourth-order valence-corrected chi connectivity index (χ4v) is 6.53. The van der Waals surface area contributed by atoms with E-state index in [0.717, 1.165) is 18.4 Å². The lowest BCUT2D eigenvalue weighted by Crippen LogP contribution is -2.52. The number of ketones is 1. The number of nitro benzene ring substituents is 1. The minimum absolute atomic E-state index is 0.106. The number of carbonyl (C=O) groups is 2. The van der Waals surface area contributed by atoms with Crippen molar-refractivity contribution in [3.8, 4) is 0 Å². The van der Waals surface area contributed by atoms with Crippen LogP contribution in [-0.2, 0) is 10.3 Å². The van der Waals surface area contributed by atoms with Gasteiger partial charge in [0.2, 0.25) is 5.91 Å². The SMILES string of the molecule is O=C(c1cccc([N+](=O)[O-])c1)C1C(c2ccccc2)C2CCCN2[C@@]12C(=O)Nc1ccc(F)cc12. The largest absolute Gasteiger partial charge is 0.324 e. The maximum Gasteiger partial charge on any atom is 0.270 e. The maximum atomic E-state index is 14.6. The average Bonchev–Trinajstić information content (AvgIpc) is 3.52. The Hall–Kier alpha value is -3.91. The molecule has 2 saturated heterocycles. The molecule has 0 bridgehead atoms. The summed E-state index contributed by atoms with van der Waals surface area (Å²) >= 11 is 0. The molecule has 2 fully saturated rings. The number of non-ortho nitro benzene ring substituents is 1. The zero-order chi connectivity index (χ0) is 24.3. The monoisotopic (exact) mass is 471 g/mol. The zero-order valence-corrected chi connectivity index (χ0v) is 18.7. The predicted molar refractivity (Wildman–Crippen MR) is 127 cm³/mol. The molecule has 1 N–H and O–H groups in total. The Bertz CT molecular complexity index is 1380. The molecule has 6 rings (SSSR count). The summed E-state index contributed by atoms with van der Waals surface area (Å²) in [4.78, 5) is 41.1. The number of rotatable bonds is 4. The predicted octanol–water partition coefficient (Wildman–Crippen LogP) is 4.64. The molecule has 4 atom stereocenters. The minimum Gasteiger partial charge on any atom is -0.324 e. The van der Waals surface area contributed by atoms with Crippen molar-refractivity contribution in [3.05, 3.63) is 105 Å². The van der Waals surface area contributed by atoms with Gasteiger partial charge in [-0.25, -0.2) is 4.39 Å². The lowest BCUT2D eigenvalue weighted by molar-refractivity contribution is -0.384. The summed E-state index contributed by atoms with van der Waals surface area (Å²) in [5.41, 5.74) is 0.443. The van der Waals surface area contributed by atoms with Gasteiger partial charge < -0.3 is 5.32 Å². The molecule has 0 aliphatic carbocycles. The Kier molecular flexibility index (Phi) is 4.82. The zero-order valence-electron chi connectivity index (χ0n) is 18.7. The Labute approximate surface area is 200 Å². The molecular weight excluding hydrogens is 449 g/mol. The second-order valence-corrected chi connectivity index (χ2v) is 9.40. The van der Waals surface area contributed by atoms with E-state index >= 15 is 0 Å². The van der Waals surface area contributed by atoms with Crippen molar-refractivity contribution >= 4 is 23.1 Å². The number of nitro groups is 1. The van der Waals surface area contributed by atoms with Gasteiger partial charge in [-0.3, -0.25) is 24.6 Å². The van der Waals surface area contributed by atoms with Gasteiger partial charge in [-0.2, -0.15) is 0 Å². The number of nitrogens with zero attached hydrogens (tertiary/aromatic N) is 2. The number of hydrogen-bond acceptors (Lipinski definition) is 5. The molecule has 3 aliphatic rings. The summed E-state index contributed by atoms with van der Waals surface area (Å²) in [6.07, 6.45) is 1.64. The van der Waals surface area contributed by atoms with Crippen molar-refractivity contribution < 1.29 is 18.9 Å². The normalized spacial score (nSPS) is 27.0. The number of Topliss-reactive ketones (excluding diaryl/α,β-unsaturated/α-hetero) is 1. The van der Waals surface area contributed by atoms with Crippen molar-refractivity contribution in [2.45, 2.75) is 30.3 Å². The third-order valence-corrected chi connectivity index (χ3v) is 7.77. The highest BCUT2D eigenvalue weighted by Gasteiger charge is 2.69. The number of anilines is 1. The van der Waals surface area contributed by atoms with E-state index in [4.69, 9.17) is 0 Å². The van der Waals surface area contributed by atoms with Crippen LogP contribution >= 0.6 is 0 Å². The molecular formula is C27H22FN3O4. The molecule has 3 aromatic rings. The number of nitrogens with one attached hydrogen (secondary N) is 1. The van der Waals surface area contributed by atoms with Crippen LogP contribution in [0.3, 0.4) is 0 Å². The highest BCUT2D eigenvalue weighted by atomic mass is 19.1. The van der Waals surface area contributed by atoms with Crippen molar-refractivity contribution in [1.29, 1.82) is 0 Å². The van der Waals surface area contributed by atoms with Gasteiger partial charge in [-0.1, -0.05) is 42.5 Å². The Balaban J connectivity index is 1.62. The van der Waals surface area contributed by atoms with E-state index in [2.05, 4.69) is 10.2 Å². The van der Waals surface area contributed by atoms with Crippen LogP contribution in [0.15, 0.2) is 72.8 Å². The van der Waals surface area contributed by atoms with Gasteiger partial charge in [0.25, 0.3) is 5.69 Å². The maximum absolute atomic E-state index is 14.6. The first-order chi connectivity index (χ1) is 16.9. The van der Waals surface area contributed by atoms with E-state index in [0.29, 0.717) is 17.8 Å². The second-order valence-electron chi connectivity index (χ2n) is 9.40. The molecule has 3 heterocycles. The lowest BCUT2D eigenvalue weighted by atomic mass is 9.68. The number of hydrogen-bond donors (Lipinski definition) is 1. The molecule has 3 unspecified atom stereocenters. The van der Waals surface area contributed by atoms with E-state index in [1.807, 2.05) is 30.3 Å². The molecule has 3 aliphatic heterocycles. The fraction of sp³-hybridized carbons (Fsp3) is 0.259. The quantitative estimate of drug-likeness (QED) is 0.340. The minimum atomic E-state index is -1.40. The number of carbonyl (C=O) groups excluding carboxylic acids is 2. The van der Waals surface area contributed by atoms with Crippen LogP contribution in [0, 0.1) is 21.8 Å². The van der Waals surface area contributed by atoms with Gasteiger partial charge in [-0.05, 0) is 43.1 Å².